The fourth-order valence-corrected chi connectivity index (χ4v) is 4.01. The van der Waals surface area contributed by atoms with Crippen LogP contribution in [0.4, 0.5) is 0 Å². The van der Waals surface area contributed by atoms with Crippen LogP contribution in [0.3, 0.4) is 0 Å². The van der Waals surface area contributed by atoms with Gasteiger partial charge in [0.05, 0.1) is 0 Å². The van der Waals surface area contributed by atoms with Crippen molar-refractivity contribution in [1.82, 2.24) is 0 Å². The Morgan fingerprint density at radius 1 is 0.812 bits per heavy atom. The number of benzene rings is 3. The molecule has 0 heterocycles. The zero-order valence-corrected chi connectivity index (χ0v) is 19.3. The Morgan fingerprint density at radius 2 is 1.50 bits per heavy atom. The third-order valence-electron chi connectivity index (χ3n) is 5.91. The Bertz CT molecular complexity index is 1070. The third-order valence-corrected chi connectivity index (χ3v) is 5.91. The van der Waals surface area contributed by atoms with Crippen LogP contribution in [-0.4, -0.2) is 0 Å². The molecule has 0 heteroatoms. The van der Waals surface area contributed by atoms with E-state index in [0.29, 0.717) is 0 Å². The van der Waals surface area contributed by atoms with E-state index in [0.717, 1.165) is 31.3 Å². The predicted octanol–water partition coefficient (Wildman–Crippen LogP) is 9.04. The molecule has 3 aromatic carbocycles. The average Bonchev–Trinajstić information content (AvgIpc) is 2.84. The van der Waals surface area contributed by atoms with E-state index in [1.165, 1.54) is 33.4 Å². The maximum absolute atomic E-state index is 4.48. The molecule has 0 saturated carbocycles. The second kappa shape index (κ2) is 11.9. The molecule has 0 fully saturated rings. The van der Waals surface area contributed by atoms with Gasteiger partial charge in [0.15, 0.2) is 0 Å². The molecule has 3 aromatic rings. The quantitative estimate of drug-likeness (QED) is 0.272. The minimum atomic E-state index is 0.110. The Kier molecular flexibility index (Phi) is 8.63. The van der Waals surface area contributed by atoms with Gasteiger partial charge in [-0.3, -0.25) is 0 Å². The van der Waals surface area contributed by atoms with E-state index in [1.54, 1.807) is 0 Å². The summed E-state index contributed by atoms with van der Waals surface area (Å²) in [5, 5.41) is 0. The van der Waals surface area contributed by atoms with Crippen LogP contribution < -0.4 is 0 Å². The van der Waals surface area contributed by atoms with E-state index in [1.807, 2.05) is 6.07 Å². The van der Waals surface area contributed by atoms with E-state index < -0.39 is 0 Å². The molecule has 0 nitrogen and oxygen atoms in total. The zero-order chi connectivity index (χ0) is 22.8. The first-order chi connectivity index (χ1) is 15.6. The van der Waals surface area contributed by atoms with Gasteiger partial charge in [0.2, 0.25) is 0 Å². The van der Waals surface area contributed by atoms with Gasteiger partial charge >= 0.3 is 0 Å². The van der Waals surface area contributed by atoms with Gasteiger partial charge < -0.3 is 0 Å². The lowest BCUT2D eigenvalue weighted by Gasteiger charge is -2.23. The van der Waals surface area contributed by atoms with Crippen molar-refractivity contribution in [3.63, 3.8) is 0 Å². The third kappa shape index (κ3) is 6.56. The number of rotatable bonds is 11. The highest BCUT2D eigenvalue weighted by Crippen LogP contribution is 2.38. The molecule has 0 aliphatic heterocycles. The fraction of sp³-hybridized carbons (Fsp3) is 0.188. The molecule has 0 aromatic heterocycles. The molecule has 0 saturated heterocycles. The summed E-state index contributed by atoms with van der Waals surface area (Å²) in [5.41, 5.74) is 8.55. The molecule has 0 amide bonds. The smallest absolute Gasteiger partial charge is 0.0296 e. The van der Waals surface area contributed by atoms with Crippen LogP contribution in [-0.2, 0) is 6.42 Å². The normalized spacial score (nSPS) is 11.9. The minimum absolute atomic E-state index is 0.110. The van der Waals surface area contributed by atoms with Crippen molar-refractivity contribution in [3.8, 4) is 0 Å². The van der Waals surface area contributed by atoms with Crippen LogP contribution in [0.2, 0.25) is 0 Å². The zero-order valence-electron chi connectivity index (χ0n) is 19.3. The first-order valence-corrected chi connectivity index (χ1v) is 11.5. The molecule has 0 aliphatic rings. The van der Waals surface area contributed by atoms with Crippen molar-refractivity contribution in [3.05, 3.63) is 144 Å². The Hall–Kier alpha value is -3.38. The Morgan fingerprint density at radius 3 is 2.19 bits per heavy atom. The fourth-order valence-electron chi connectivity index (χ4n) is 4.01. The van der Waals surface area contributed by atoms with Crippen LogP contribution in [0.15, 0.2) is 122 Å². The largest absolute Gasteiger partial charge is 0.0995 e. The van der Waals surface area contributed by atoms with Gasteiger partial charge in [0.25, 0.3) is 0 Å². The topological polar surface area (TPSA) is 0 Å². The van der Waals surface area contributed by atoms with Crippen LogP contribution >= 0.6 is 0 Å². The Balaban J connectivity index is 1.62. The lowest BCUT2D eigenvalue weighted by molar-refractivity contribution is 0.842. The first kappa shape index (κ1) is 23.3. The van der Waals surface area contributed by atoms with Crippen molar-refractivity contribution in [2.45, 2.75) is 38.5 Å². The first-order valence-electron chi connectivity index (χ1n) is 11.5. The molecule has 162 valence electrons. The predicted molar refractivity (Wildman–Crippen MR) is 142 cm³/mol. The molecular weight excluding hydrogens is 384 g/mol. The van der Waals surface area contributed by atoms with E-state index in [4.69, 9.17) is 0 Å². The number of aryl methyl sites for hydroxylation is 1. The van der Waals surface area contributed by atoms with Crippen molar-refractivity contribution in [1.29, 1.82) is 0 Å². The minimum Gasteiger partial charge on any atom is -0.0995 e. The molecular formula is C32H34. The molecule has 0 radical (unpaired) electrons. The summed E-state index contributed by atoms with van der Waals surface area (Å²) in [4.78, 5) is 0. The van der Waals surface area contributed by atoms with Crippen molar-refractivity contribution >= 4 is 11.6 Å². The van der Waals surface area contributed by atoms with Gasteiger partial charge in [-0.25, -0.2) is 0 Å². The molecule has 0 spiro atoms. The number of hydrogen-bond donors (Lipinski definition) is 0. The number of hydrogen-bond acceptors (Lipinski definition) is 0. The molecule has 0 bridgehead atoms. The van der Waals surface area contributed by atoms with E-state index in [-0.39, 0.29) is 5.92 Å². The summed E-state index contributed by atoms with van der Waals surface area (Å²) in [5.74, 6) is 0.110. The van der Waals surface area contributed by atoms with Crippen molar-refractivity contribution < 1.29 is 0 Å². The molecule has 0 N–H and O–H groups in total. The van der Waals surface area contributed by atoms with Crippen LogP contribution in [0.5, 0.6) is 0 Å². The standard InChI is InChI=1S/C32H34/c1-5-28-15-13-17-29(24-28)16-12-14-25(2)22-23-26(3)32(31-20-10-7-11-21-31)27(4)30-18-8-6-9-19-30/h6-13,15-21,24,32H,2-5,14,22-23H2,1H3/b16-12+. The lowest BCUT2D eigenvalue weighted by Crippen LogP contribution is -2.05. The molecule has 1 unspecified atom stereocenters. The van der Waals surface area contributed by atoms with E-state index in [2.05, 4.69) is 118 Å². The number of allylic oxidation sites excluding steroid dienone is 4. The maximum atomic E-state index is 4.48. The van der Waals surface area contributed by atoms with Crippen molar-refractivity contribution in [2.75, 3.05) is 0 Å². The van der Waals surface area contributed by atoms with Crippen LogP contribution in [0, 0.1) is 0 Å². The summed E-state index contributed by atoms with van der Waals surface area (Å²) >= 11 is 0. The van der Waals surface area contributed by atoms with Crippen LogP contribution in [0.1, 0.15) is 54.4 Å². The van der Waals surface area contributed by atoms with E-state index in [9.17, 15) is 0 Å². The Labute approximate surface area is 194 Å². The molecule has 0 aliphatic carbocycles. The summed E-state index contributed by atoms with van der Waals surface area (Å²) in [6.07, 6.45) is 8.21. The molecule has 3 rings (SSSR count). The summed E-state index contributed by atoms with van der Waals surface area (Å²) in [6.45, 7) is 15.4. The van der Waals surface area contributed by atoms with Gasteiger partial charge in [-0.05, 0) is 53.5 Å². The molecule has 32 heavy (non-hydrogen) atoms. The highest BCUT2D eigenvalue weighted by molar-refractivity contribution is 5.72. The average molecular weight is 419 g/mol. The highest BCUT2D eigenvalue weighted by atomic mass is 14.2. The van der Waals surface area contributed by atoms with Gasteiger partial charge in [-0.1, -0.05) is 135 Å². The molecule has 1 atom stereocenters. The second-order valence-electron chi connectivity index (χ2n) is 8.35. The van der Waals surface area contributed by atoms with Gasteiger partial charge in [-0.15, -0.1) is 0 Å². The van der Waals surface area contributed by atoms with Crippen molar-refractivity contribution in [2.24, 2.45) is 0 Å². The SMILES string of the molecule is C=C(C/C=C/c1cccc(CC)c1)CCC(=C)C(C(=C)c1ccccc1)c1ccccc1. The summed E-state index contributed by atoms with van der Waals surface area (Å²) in [7, 11) is 0. The lowest BCUT2D eigenvalue weighted by atomic mass is 9.81. The van der Waals surface area contributed by atoms with Gasteiger partial charge in [0, 0.05) is 5.92 Å². The second-order valence-corrected chi connectivity index (χ2v) is 8.35. The van der Waals surface area contributed by atoms with Crippen LogP contribution in [0.25, 0.3) is 11.6 Å². The van der Waals surface area contributed by atoms with E-state index >= 15 is 0 Å². The van der Waals surface area contributed by atoms with Gasteiger partial charge in [0.1, 0.15) is 0 Å². The monoisotopic (exact) mass is 418 g/mol. The summed E-state index contributed by atoms with van der Waals surface area (Å²) < 4.78 is 0. The highest BCUT2D eigenvalue weighted by Gasteiger charge is 2.19. The summed E-state index contributed by atoms with van der Waals surface area (Å²) in [6, 6.07) is 29.7. The maximum Gasteiger partial charge on any atom is 0.0296 e. The van der Waals surface area contributed by atoms with Gasteiger partial charge in [-0.2, -0.15) is 0 Å².